The SMILES string of the molecule is Cc1nnc(SCC(O)COCC2CCC(COCC(O)CSc3n[nH]c(=S)s3)CC2)s1. The van der Waals surface area contributed by atoms with Crippen LogP contribution in [0.1, 0.15) is 30.7 Å². The summed E-state index contributed by atoms with van der Waals surface area (Å²) in [6, 6.07) is 0. The summed E-state index contributed by atoms with van der Waals surface area (Å²) in [4.78, 5) is 0. The maximum Gasteiger partial charge on any atom is 0.177 e. The van der Waals surface area contributed by atoms with E-state index in [1.54, 1.807) is 11.3 Å². The summed E-state index contributed by atoms with van der Waals surface area (Å²) in [5.41, 5.74) is 0. The molecule has 0 amide bonds. The molecule has 0 aromatic carbocycles. The molecule has 32 heavy (non-hydrogen) atoms. The molecule has 1 saturated carbocycles. The first-order chi connectivity index (χ1) is 15.5. The second kappa shape index (κ2) is 14.3. The van der Waals surface area contributed by atoms with Crippen LogP contribution in [0.25, 0.3) is 0 Å². The minimum absolute atomic E-state index is 0.346. The molecule has 2 unspecified atom stereocenters. The molecule has 8 nitrogen and oxygen atoms in total. The van der Waals surface area contributed by atoms with Gasteiger partial charge in [-0.15, -0.1) is 10.2 Å². The lowest BCUT2D eigenvalue weighted by molar-refractivity contribution is 0.00420. The highest BCUT2D eigenvalue weighted by atomic mass is 32.2. The lowest BCUT2D eigenvalue weighted by Gasteiger charge is -2.28. The first-order valence-corrected chi connectivity index (χ1v) is 14.6. The third kappa shape index (κ3) is 10.0. The van der Waals surface area contributed by atoms with Gasteiger partial charge in [0.15, 0.2) is 12.6 Å². The zero-order valence-corrected chi connectivity index (χ0v) is 22.1. The van der Waals surface area contributed by atoms with E-state index in [0.29, 0.717) is 53.7 Å². The molecule has 1 aliphatic carbocycles. The second-order valence-corrected chi connectivity index (χ2v) is 13.2. The van der Waals surface area contributed by atoms with Gasteiger partial charge >= 0.3 is 0 Å². The number of thioether (sulfide) groups is 2. The molecule has 0 bridgehead atoms. The average molecular weight is 539 g/mol. The summed E-state index contributed by atoms with van der Waals surface area (Å²) >= 11 is 11.0. The monoisotopic (exact) mass is 538 g/mol. The van der Waals surface area contributed by atoms with Crippen molar-refractivity contribution >= 4 is 58.4 Å². The molecule has 2 atom stereocenters. The number of nitrogens with one attached hydrogen (secondary N) is 1. The number of aryl methyl sites for hydroxylation is 1. The van der Waals surface area contributed by atoms with Crippen molar-refractivity contribution < 1.29 is 19.7 Å². The predicted molar refractivity (Wildman–Crippen MR) is 132 cm³/mol. The van der Waals surface area contributed by atoms with E-state index >= 15 is 0 Å². The minimum Gasteiger partial charge on any atom is -0.390 e. The van der Waals surface area contributed by atoms with Crippen molar-refractivity contribution in [1.82, 2.24) is 20.4 Å². The highest BCUT2D eigenvalue weighted by Crippen LogP contribution is 2.29. The van der Waals surface area contributed by atoms with E-state index in [2.05, 4.69) is 20.4 Å². The molecule has 0 aliphatic heterocycles. The van der Waals surface area contributed by atoms with E-state index in [1.165, 1.54) is 34.9 Å². The molecular weight excluding hydrogens is 509 g/mol. The number of aliphatic hydroxyl groups excluding tert-OH is 2. The van der Waals surface area contributed by atoms with Crippen LogP contribution < -0.4 is 0 Å². The van der Waals surface area contributed by atoms with E-state index < -0.39 is 12.2 Å². The zero-order chi connectivity index (χ0) is 22.8. The van der Waals surface area contributed by atoms with Crippen LogP contribution in [0.4, 0.5) is 0 Å². The maximum atomic E-state index is 10.1. The fraction of sp³-hybridized carbons (Fsp3) is 0.789. The molecule has 1 aliphatic rings. The number of H-pyrrole nitrogens is 1. The van der Waals surface area contributed by atoms with Crippen LogP contribution in [-0.4, -0.2) is 80.7 Å². The second-order valence-electron chi connectivity index (χ2n) is 7.86. The van der Waals surface area contributed by atoms with Crippen LogP contribution in [0.2, 0.25) is 0 Å². The Morgan fingerprint density at radius 2 is 1.53 bits per heavy atom. The van der Waals surface area contributed by atoms with Crippen molar-refractivity contribution in [3.8, 4) is 0 Å². The fourth-order valence-corrected chi connectivity index (χ4v) is 7.11. The number of hydrogen-bond donors (Lipinski definition) is 3. The van der Waals surface area contributed by atoms with Crippen LogP contribution in [0.5, 0.6) is 0 Å². The van der Waals surface area contributed by atoms with Gasteiger partial charge in [0.25, 0.3) is 0 Å². The van der Waals surface area contributed by atoms with Gasteiger partial charge in [0.05, 0.1) is 25.4 Å². The molecule has 13 heteroatoms. The molecule has 0 radical (unpaired) electrons. The van der Waals surface area contributed by atoms with Gasteiger partial charge in [-0.2, -0.15) is 5.10 Å². The van der Waals surface area contributed by atoms with Gasteiger partial charge < -0.3 is 19.7 Å². The highest BCUT2D eigenvalue weighted by Gasteiger charge is 2.22. The summed E-state index contributed by atoms with van der Waals surface area (Å²) in [5.74, 6) is 2.20. The molecular formula is C19H30N4O4S5. The number of aromatic amines is 1. The van der Waals surface area contributed by atoms with Gasteiger partial charge in [0.2, 0.25) is 0 Å². The average Bonchev–Trinajstić information content (AvgIpc) is 3.39. The lowest BCUT2D eigenvalue weighted by atomic mass is 9.83. The molecule has 1 fully saturated rings. The molecule has 180 valence electrons. The Kier molecular flexibility index (Phi) is 11.9. The number of aliphatic hydroxyl groups is 2. The van der Waals surface area contributed by atoms with Crippen molar-refractivity contribution in [2.75, 3.05) is 37.9 Å². The molecule has 3 N–H and O–H groups in total. The summed E-state index contributed by atoms with van der Waals surface area (Å²) < 4.78 is 13.9. The van der Waals surface area contributed by atoms with Crippen molar-refractivity contribution in [1.29, 1.82) is 0 Å². The zero-order valence-electron chi connectivity index (χ0n) is 18.0. The Balaban J connectivity index is 1.18. The van der Waals surface area contributed by atoms with Crippen LogP contribution in [0, 0.1) is 22.7 Å². The molecule has 0 spiro atoms. The lowest BCUT2D eigenvalue weighted by Crippen LogP contribution is -2.26. The van der Waals surface area contributed by atoms with Crippen LogP contribution in [0.15, 0.2) is 8.68 Å². The van der Waals surface area contributed by atoms with Crippen molar-refractivity contribution in [2.24, 2.45) is 11.8 Å². The minimum atomic E-state index is -0.511. The Labute approximate surface area is 209 Å². The largest absolute Gasteiger partial charge is 0.390 e. The van der Waals surface area contributed by atoms with Crippen molar-refractivity contribution in [2.45, 2.75) is 53.5 Å². The third-order valence-electron chi connectivity index (χ3n) is 5.02. The van der Waals surface area contributed by atoms with Gasteiger partial charge in [-0.05, 0) is 56.7 Å². The number of aromatic nitrogens is 4. The summed E-state index contributed by atoms with van der Waals surface area (Å²) in [6.45, 7) is 4.02. The number of nitrogens with zero attached hydrogens (tertiary/aromatic N) is 3. The Morgan fingerprint density at radius 1 is 0.969 bits per heavy atom. The summed E-state index contributed by atoms with van der Waals surface area (Å²) in [7, 11) is 0. The normalized spacial score (nSPS) is 21.0. The smallest absolute Gasteiger partial charge is 0.177 e. The quantitative estimate of drug-likeness (QED) is 0.242. The van der Waals surface area contributed by atoms with E-state index in [1.807, 2.05) is 6.92 Å². The summed E-state index contributed by atoms with van der Waals surface area (Å²) in [5, 5.41) is 36.0. The van der Waals surface area contributed by atoms with E-state index in [0.717, 1.165) is 39.4 Å². The Morgan fingerprint density at radius 3 is 2.00 bits per heavy atom. The van der Waals surface area contributed by atoms with E-state index in [-0.39, 0.29) is 0 Å². The Hall–Kier alpha value is -0.120. The van der Waals surface area contributed by atoms with E-state index in [9.17, 15) is 10.2 Å². The van der Waals surface area contributed by atoms with Gasteiger partial charge in [-0.25, -0.2) is 0 Å². The summed E-state index contributed by atoms with van der Waals surface area (Å²) in [6.07, 6.45) is 3.46. The van der Waals surface area contributed by atoms with Crippen LogP contribution in [0.3, 0.4) is 0 Å². The topological polar surface area (TPSA) is 113 Å². The van der Waals surface area contributed by atoms with Crippen LogP contribution >= 0.6 is 58.4 Å². The molecule has 2 heterocycles. The number of hydrogen-bond acceptors (Lipinski definition) is 12. The predicted octanol–water partition coefficient (Wildman–Crippen LogP) is 3.81. The molecule has 0 saturated heterocycles. The third-order valence-corrected chi connectivity index (χ3v) is 9.51. The standard InChI is InChI=1S/C19H30N4O4S5/c1-12-20-22-18(31-12)29-10-15(24)8-26-6-13-2-4-14(5-3-13)7-27-9-16(25)11-30-19-23-21-17(28)32-19/h13-16,24-25H,2-11H2,1H3,(H,21,28). The van der Waals surface area contributed by atoms with Gasteiger partial charge in [-0.1, -0.05) is 46.2 Å². The molecule has 3 rings (SSSR count). The van der Waals surface area contributed by atoms with Crippen molar-refractivity contribution in [3.63, 3.8) is 0 Å². The number of rotatable bonds is 14. The van der Waals surface area contributed by atoms with E-state index in [4.69, 9.17) is 21.7 Å². The molecule has 2 aromatic heterocycles. The number of ether oxygens (including phenoxy) is 2. The highest BCUT2D eigenvalue weighted by molar-refractivity contribution is 8.01. The van der Waals surface area contributed by atoms with Crippen molar-refractivity contribution in [3.05, 3.63) is 8.96 Å². The fourth-order valence-electron chi connectivity index (χ4n) is 3.35. The maximum absolute atomic E-state index is 10.1. The first-order valence-electron chi connectivity index (χ1n) is 10.6. The van der Waals surface area contributed by atoms with Crippen LogP contribution in [-0.2, 0) is 9.47 Å². The molecule has 2 aromatic rings. The first kappa shape index (κ1) is 26.5. The Bertz CT molecular complexity index is 840. The van der Waals surface area contributed by atoms with Gasteiger partial charge in [0, 0.05) is 24.7 Å². The van der Waals surface area contributed by atoms with Gasteiger partial charge in [-0.3, -0.25) is 5.10 Å². The van der Waals surface area contributed by atoms with Gasteiger partial charge in [0.1, 0.15) is 5.01 Å².